The number of para-hydroxylation sites is 1. The van der Waals surface area contributed by atoms with Gasteiger partial charge in [0, 0.05) is 17.1 Å². The summed E-state index contributed by atoms with van der Waals surface area (Å²) in [6.07, 6.45) is 1.90. The lowest BCUT2D eigenvalue weighted by Crippen LogP contribution is -1.98. The summed E-state index contributed by atoms with van der Waals surface area (Å²) >= 11 is 0. The van der Waals surface area contributed by atoms with Crippen LogP contribution >= 0.6 is 0 Å². The topological polar surface area (TPSA) is 12.9 Å². The molecule has 0 aliphatic heterocycles. The monoisotopic (exact) mass is 761 g/mol. The second-order valence-electron chi connectivity index (χ2n) is 15.4. The van der Waals surface area contributed by atoms with E-state index in [1.807, 2.05) is 12.3 Å². The quantitative estimate of drug-likeness (QED) is 0.147. The summed E-state index contributed by atoms with van der Waals surface area (Å²) in [4.78, 5) is 4.91. The number of fused-ring (bicyclic) bond motifs is 3. The van der Waals surface area contributed by atoms with Crippen molar-refractivity contribution in [3.63, 3.8) is 0 Å². The Kier molecular flexibility index (Phi) is 8.91. The fourth-order valence-corrected chi connectivity index (χ4v) is 9.34. The molecule has 0 saturated heterocycles. The zero-order valence-corrected chi connectivity index (χ0v) is 33.0. The highest BCUT2D eigenvalue weighted by Gasteiger charge is 2.25. The maximum atomic E-state index is 4.91. The van der Waals surface area contributed by atoms with Crippen LogP contribution in [0.5, 0.6) is 0 Å². The van der Waals surface area contributed by atoms with Crippen LogP contribution < -0.4 is 0 Å². The van der Waals surface area contributed by atoms with Crippen LogP contribution in [0.4, 0.5) is 0 Å². The van der Waals surface area contributed by atoms with Gasteiger partial charge in [0.1, 0.15) is 0 Å². The Labute approximate surface area is 350 Å². The first-order valence-electron chi connectivity index (χ1n) is 20.6. The lowest BCUT2D eigenvalue weighted by Gasteiger charge is -2.25. The average molecular weight is 762 g/mol. The van der Waals surface area contributed by atoms with Gasteiger partial charge in [-0.3, -0.25) is 4.98 Å². The summed E-state index contributed by atoms with van der Waals surface area (Å²) in [6, 6.07) is 83.8. The summed E-state index contributed by atoms with van der Waals surface area (Å²) in [5.74, 6) is 0. The van der Waals surface area contributed by atoms with Gasteiger partial charge in [-0.1, -0.05) is 212 Å². The predicted molar refractivity (Wildman–Crippen MR) is 255 cm³/mol. The van der Waals surface area contributed by atoms with E-state index >= 15 is 0 Å². The highest BCUT2D eigenvalue weighted by Crippen LogP contribution is 2.51. The lowest BCUT2D eigenvalue weighted by atomic mass is 9.78. The molecule has 0 N–H and O–H groups in total. The summed E-state index contributed by atoms with van der Waals surface area (Å²) < 4.78 is 0. The fraction of sp³-hybridized carbons (Fsp3) is 0. The molecule has 0 unspecified atom stereocenters. The first-order chi connectivity index (χ1) is 29.8. The molecule has 11 aromatic rings. The molecular formula is C59H39N. The zero-order valence-electron chi connectivity index (χ0n) is 33.0. The number of pyridine rings is 1. The lowest BCUT2D eigenvalue weighted by molar-refractivity contribution is 1.41. The van der Waals surface area contributed by atoms with Gasteiger partial charge in [-0.15, -0.1) is 0 Å². The standard InChI is InChI=1S/C59H39N/c1-5-20-40(21-6-1)52-39-53(56(42-24-9-3-10-25-42)57(43-26-11-4-12-27-43)55(52)41-22-7-2-8-23-41)45-29-17-30-46(38-45)54-47-32-13-15-34-49(47)58(50-35-16-14-33-48(50)54)51-36-18-28-44-31-19-37-60-59(44)51/h1-39H. The number of hydrogen-bond donors (Lipinski definition) is 0. The first-order valence-corrected chi connectivity index (χ1v) is 20.6. The van der Waals surface area contributed by atoms with Crippen molar-refractivity contribution in [2.45, 2.75) is 0 Å². The van der Waals surface area contributed by atoms with Gasteiger partial charge in [0.05, 0.1) is 5.52 Å². The minimum atomic E-state index is 1.01. The minimum Gasteiger partial charge on any atom is -0.256 e. The first kappa shape index (κ1) is 35.3. The van der Waals surface area contributed by atoms with Crippen LogP contribution in [0.1, 0.15) is 0 Å². The van der Waals surface area contributed by atoms with Crippen LogP contribution in [0.2, 0.25) is 0 Å². The second-order valence-corrected chi connectivity index (χ2v) is 15.4. The third-order valence-electron chi connectivity index (χ3n) is 11.9. The van der Waals surface area contributed by atoms with E-state index in [1.54, 1.807) is 0 Å². The van der Waals surface area contributed by atoms with Crippen LogP contribution in [-0.4, -0.2) is 4.98 Å². The Morgan fingerprint density at radius 3 is 1.22 bits per heavy atom. The highest BCUT2D eigenvalue weighted by atomic mass is 14.6. The van der Waals surface area contributed by atoms with E-state index in [1.165, 1.54) is 88.3 Å². The third-order valence-corrected chi connectivity index (χ3v) is 11.9. The number of rotatable bonds is 7. The van der Waals surface area contributed by atoms with Gasteiger partial charge in [0.15, 0.2) is 0 Å². The molecule has 1 aromatic heterocycles. The molecule has 0 bridgehead atoms. The molecule has 0 aliphatic rings. The molecule has 1 nitrogen and oxygen atoms in total. The van der Waals surface area contributed by atoms with Gasteiger partial charge in [-0.25, -0.2) is 0 Å². The van der Waals surface area contributed by atoms with Gasteiger partial charge in [-0.2, -0.15) is 0 Å². The highest BCUT2D eigenvalue weighted by molar-refractivity contribution is 6.23. The van der Waals surface area contributed by atoms with Crippen molar-refractivity contribution in [3.8, 4) is 77.9 Å². The summed E-state index contributed by atoms with van der Waals surface area (Å²) in [7, 11) is 0. The van der Waals surface area contributed by atoms with Crippen molar-refractivity contribution in [3.05, 3.63) is 237 Å². The molecule has 0 aliphatic carbocycles. The van der Waals surface area contributed by atoms with Crippen LogP contribution in [0.15, 0.2) is 237 Å². The number of hydrogen-bond acceptors (Lipinski definition) is 1. The minimum absolute atomic E-state index is 1.01. The van der Waals surface area contributed by atoms with Crippen LogP contribution in [0.3, 0.4) is 0 Å². The molecule has 1 heterocycles. The Morgan fingerprint density at radius 1 is 0.233 bits per heavy atom. The predicted octanol–water partition coefficient (Wildman–Crippen LogP) is 16.2. The van der Waals surface area contributed by atoms with Crippen molar-refractivity contribution < 1.29 is 0 Å². The van der Waals surface area contributed by atoms with Crippen molar-refractivity contribution in [2.75, 3.05) is 0 Å². The van der Waals surface area contributed by atoms with Gasteiger partial charge in [-0.05, 0) is 112 Å². The van der Waals surface area contributed by atoms with Crippen LogP contribution in [0.25, 0.3) is 110 Å². The Balaban J connectivity index is 1.23. The average Bonchev–Trinajstić information content (AvgIpc) is 3.33. The molecule has 0 fully saturated rings. The van der Waals surface area contributed by atoms with Crippen molar-refractivity contribution in [1.82, 2.24) is 4.98 Å². The molecule has 0 spiro atoms. The molecule has 10 aromatic carbocycles. The molecule has 0 amide bonds. The molecule has 0 atom stereocenters. The summed E-state index contributed by atoms with van der Waals surface area (Å²) in [5, 5.41) is 5.99. The summed E-state index contributed by atoms with van der Waals surface area (Å²) in [6.45, 7) is 0. The second kappa shape index (κ2) is 15.1. The van der Waals surface area contributed by atoms with E-state index in [-0.39, 0.29) is 0 Å². The van der Waals surface area contributed by atoms with Crippen LogP contribution in [0, 0.1) is 0 Å². The maximum absolute atomic E-state index is 4.91. The maximum Gasteiger partial charge on any atom is 0.0780 e. The van der Waals surface area contributed by atoms with E-state index in [2.05, 4.69) is 224 Å². The van der Waals surface area contributed by atoms with Gasteiger partial charge in [0.25, 0.3) is 0 Å². The van der Waals surface area contributed by atoms with Crippen molar-refractivity contribution in [1.29, 1.82) is 0 Å². The number of benzene rings is 10. The van der Waals surface area contributed by atoms with Crippen molar-refractivity contribution in [2.24, 2.45) is 0 Å². The van der Waals surface area contributed by atoms with Gasteiger partial charge in [0.2, 0.25) is 0 Å². The Hall–Kier alpha value is -7.87. The molecular weight excluding hydrogens is 723 g/mol. The smallest absolute Gasteiger partial charge is 0.0780 e. The normalized spacial score (nSPS) is 11.3. The zero-order chi connectivity index (χ0) is 39.8. The molecule has 0 saturated carbocycles. The van der Waals surface area contributed by atoms with E-state index in [4.69, 9.17) is 4.98 Å². The molecule has 1 heteroatoms. The van der Waals surface area contributed by atoms with Gasteiger partial charge < -0.3 is 0 Å². The third kappa shape index (κ3) is 6.08. The van der Waals surface area contributed by atoms with Gasteiger partial charge >= 0.3 is 0 Å². The van der Waals surface area contributed by atoms with E-state index in [0.717, 1.165) is 22.0 Å². The Morgan fingerprint density at radius 2 is 0.650 bits per heavy atom. The Bertz CT molecular complexity index is 3270. The van der Waals surface area contributed by atoms with Crippen LogP contribution in [-0.2, 0) is 0 Å². The molecule has 11 rings (SSSR count). The molecule has 0 radical (unpaired) electrons. The number of nitrogens with zero attached hydrogens (tertiary/aromatic N) is 1. The van der Waals surface area contributed by atoms with E-state index in [0.29, 0.717) is 0 Å². The van der Waals surface area contributed by atoms with Crippen molar-refractivity contribution >= 4 is 32.4 Å². The van der Waals surface area contributed by atoms with E-state index in [9.17, 15) is 0 Å². The SMILES string of the molecule is c1ccc(-c2cc(-c3cccc(-c4c5ccccc5c(-c5cccc6cccnc56)c5ccccc45)c3)c(-c3ccccc3)c(-c3ccccc3)c2-c2ccccc2)cc1. The fourth-order valence-electron chi connectivity index (χ4n) is 9.34. The van der Waals surface area contributed by atoms with E-state index < -0.39 is 0 Å². The largest absolute Gasteiger partial charge is 0.256 e. The summed E-state index contributed by atoms with van der Waals surface area (Å²) in [5.41, 5.74) is 17.7. The number of aromatic nitrogens is 1. The molecule has 60 heavy (non-hydrogen) atoms. The molecule has 280 valence electrons.